The molecule has 0 spiro atoms. The first-order chi connectivity index (χ1) is 8.32. The summed E-state index contributed by atoms with van der Waals surface area (Å²) in [4.78, 5) is 11.3. The van der Waals surface area contributed by atoms with E-state index in [2.05, 4.69) is 5.32 Å². The highest BCUT2D eigenvalue weighted by atomic mass is 16.4. The van der Waals surface area contributed by atoms with E-state index in [-0.39, 0.29) is 5.75 Å². The summed E-state index contributed by atoms with van der Waals surface area (Å²) in [6.07, 6.45) is 0. The average Bonchev–Trinajstić information content (AvgIpc) is 2.25. The Morgan fingerprint density at radius 2 is 1.78 bits per heavy atom. The van der Waals surface area contributed by atoms with Gasteiger partial charge in [0, 0.05) is 0 Å². The normalized spacial score (nSPS) is 12.7. The predicted molar refractivity (Wildman–Crippen MR) is 70.8 cm³/mol. The van der Waals surface area contributed by atoms with Crippen LogP contribution in [0.15, 0.2) is 12.1 Å². The Morgan fingerprint density at radius 3 is 2.17 bits per heavy atom. The van der Waals surface area contributed by atoms with Crippen molar-refractivity contribution in [3.8, 4) is 5.75 Å². The number of phenols is 1. The highest BCUT2D eigenvalue weighted by Crippen LogP contribution is 2.26. The molecule has 0 aromatic heterocycles. The van der Waals surface area contributed by atoms with Gasteiger partial charge in [0.1, 0.15) is 11.8 Å². The molecule has 0 fully saturated rings. The van der Waals surface area contributed by atoms with Gasteiger partial charge in [-0.3, -0.25) is 4.79 Å². The number of aryl methyl sites for hydroxylation is 2. The molecular formula is C14H21NO3. The van der Waals surface area contributed by atoms with Crippen molar-refractivity contribution >= 4 is 5.97 Å². The van der Waals surface area contributed by atoms with Crippen LogP contribution in [0.25, 0.3) is 0 Å². The van der Waals surface area contributed by atoms with Crippen molar-refractivity contribution in [2.75, 3.05) is 6.54 Å². The first kappa shape index (κ1) is 14.5. The third-order valence-corrected chi connectivity index (χ3v) is 2.82. The molecule has 0 saturated carbocycles. The molecular weight excluding hydrogens is 230 g/mol. The average molecular weight is 251 g/mol. The maximum atomic E-state index is 11.3. The molecule has 0 aliphatic heterocycles. The largest absolute Gasteiger partial charge is 0.507 e. The van der Waals surface area contributed by atoms with Crippen molar-refractivity contribution in [3.63, 3.8) is 0 Å². The highest BCUT2D eigenvalue weighted by Gasteiger charge is 2.20. The van der Waals surface area contributed by atoms with E-state index in [0.717, 1.165) is 0 Å². The van der Waals surface area contributed by atoms with E-state index in [4.69, 9.17) is 0 Å². The van der Waals surface area contributed by atoms with E-state index < -0.39 is 12.0 Å². The Labute approximate surface area is 108 Å². The number of hydrogen-bond acceptors (Lipinski definition) is 3. The second-order valence-corrected chi connectivity index (χ2v) is 5.08. The van der Waals surface area contributed by atoms with Gasteiger partial charge in [-0.2, -0.15) is 0 Å². The lowest BCUT2D eigenvalue weighted by molar-refractivity contribution is -0.139. The number of rotatable bonds is 5. The summed E-state index contributed by atoms with van der Waals surface area (Å²) in [5.41, 5.74) is 2.07. The third-order valence-electron chi connectivity index (χ3n) is 2.82. The van der Waals surface area contributed by atoms with Gasteiger partial charge in [-0.15, -0.1) is 0 Å². The summed E-state index contributed by atoms with van der Waals surface area (Å²) in [7, 11) is 0. The van der Waals surface area contributed by atoms with Crippen LogP contribution >= 0.6 is 0 Å². The molecule has 0 heterocycles. The van der Waals surface area contributed by atoms with Crippen LogP contribution in [0, 0.1) is 19.8 Å². The molecule has 0 radical (unpaired) electrons. The van der Waals surface area contributed by atoms with Crippen molar-refractivity contribution in [1.29, 1.82) is 0 Å². The van der Waals surface area contributed by atoms with Crippen LogP contribution in [0.3, 0.4) is 0 Å². The van der Waals surface area contributed by atoms with E-state index in [1.165, 1.54) is 0 Å². The van der Waals surface area contributed by atoms with Gasteiger partial charge in [-0.1, -0.05) is 26.0 Å². The lowest BCUT2D eigenvalue weighted by atomic mass is 10.00. The quantitative estimate of drug-likeness (QED) is 0.751. The molecule has 0 bridgehead atoms. The van der Waals surface area contributed by atoms with Crippen molar-refractivity contribution in [1.82, 2.24) is 5.32 Å². The molecule has 0 aliphatic carbocycles. The first-order valence-corrected chi connectivity index (χ1v) is 6.09. The summed E-state index contributed by atoms with van der Waals surface area (Å²) >= 11 is 0. The van der Waals surface area contributed by atoms with Gasteiger partial charge in [0.05, 0.1) is 0 Å². The number of carbonyl (C=O) groups is 1. The van der Waals surface area contributed by atoms with Crippen LogP contribution in [-0.2, 0) is 4.79 Å². The van der Waals surface area contributed by atoms with E-state index in [9.17, 15) is 15.0 Å². The van der Waals surface area contributed by atoms with E-state index >= 15 is 0 Å². The summed E-state index contributed by atoms with van der Waals surface area (Å²) < 4.78 is 0. The third kappa shape index (κ3) is 3.47. The molecule has 0 amide bonds. The first-order valence-electron chi connectivity index (χ1n) is 6.09. The molecule has 1 atom stereocenters. The second kappa shape index (κ2) is 5.87. The van der Waals surface area contributed by atoms with Gasteiger partial charge < -0.3 is 15.5 Å². The van der Waals surface area contributed by atoms with Gasteiger partial charge in [0.15, 0.2) is 0 Å². The van der Waals surface area contributed by atoms with Gasteiger partial charge in [-0.05, 0) is 43.0 Å². The van der Waals surface area contributed by atoms with Gasteiger partial charge in [0.2, 0.25) is 0 Å². The fraction of sp³-hybridized carbons (Fsp3) is 0.500. The minimum Gasteiger partial charge on any atom is -0.507 e. The Morgan fingerprint density at radius 1 is 1.28 bits per heavy atom. The minimum atomic E-state index is -0.903. The number of nitrogens with one attached hydrogen (secondary N) is 1. The zero-order chi connectivity index (χ0) is 13.9. The van der Waals surface area contributed by atoms with Crippen LogP contribution in [0.4, 0.5) is 0 Å². The summed E-state index contributed by atoms with van der Waals surface area (Å²) in [5, 5.41) is 22.0. The van der Waals surface area contributed by atoms with Crippen LogP contribution in [0.1, 0.15) is 36.6 Å². The number of hydrogen-bond donors (Lipinski definition) is 3. The zero-order valence-corrected chi connectivity index (χ0v) is 11.3. The maximum Gasteiger partial charge on any atom is 0.325 e. The standard InChI is InChI=1S/C14H21NO3/c1-8(2)7-15-12(14(17)18)11-5-9(3)13(16)10(4)6-11/h5-6,8,12,15-16H,7H2,1-4H3,(H,17,18). The van der Waals surface area contributed by atoms with Crippen LogP contribution < -0.4 is 5.32 Å². The molecule has 0 aliphatic rings. The summed E-state index contributed by atoms with van der Waals surface area (Å²) in [5.74, 6) is -0.293. The van der Waals surface area contributed by atoms with Crippen LogP contribution in [-0.4, -0.2) is 22.7 Å². The second-order valence-electron chi connectivity index (χ2n) is 5.08. The Kier molecular flexibility index (Phi) is 4.73. The number of aromatic hydroxyl groups is 1. The van der Waals surface area contributed by atoms with E-state index in [1.54, 1.807) is 26.0 Å². The number of phenolic OH excluding ortho intramolecular Hbond substituents is 1. The van der Waals surface area contributed by atoms with Gasteiger partial charge >= 0.3 is 5.97 Å². The lowest BCUT2D eigenvalue weighted by Gasteiger charge is -2.18. The Bertz CT molecular complexity index is 418. The minimum absolute atomic E-state index is 0.228. The van der Waals surface area contributed by atoms with Crippen molar-refractivity contribution in [2.45, 2.75) is 33.7 Å². The summed E-state index contributed by atoms with van der Waals surface area (Å²) in [6.45, 7) is 8.23. The zero-order valence-electron chi connectivity index (χ0n) is 11.3. The Balaban J connectivity index is 3.03. The van der Waals surface area contributed by atoms with Gasteiger partial charge in [0.25, 0.3) is 0 Å². The molecule has 100 valence electrons. The van der Waals surface area contributed by atoms with Crippen molar-refractivity contribution < 1.29 is 15.0 Å². The topological polar surface area (TPSA) is 69.6 Å². The Hall–Kier alpha value is -1.55. The smallest absolute Gasteiger partial charge is 0.325 e. The molecule has 1 unspecified atom stereocenters. The molecule has 4 heteroatoms. The predicted octanol–water partition coefficient (Wildman–Crippen LogP) is 2.38. The lowest BCUT2D eigenvalue weighted by Crippen LogP contribution is -2.31. The van der Waals surface area contributed by atoms with Crippen LogP contribution in [0.5, 0.6) is 5.75 Å². The van der Waals surface area contributed by atoms with E-state index in [1.807, 2.05) is 13.8 Å². The fourth-order valence-electron chi connectivity index (χ4n) is 1.86. The number of benzene rings is 1. The highest BCUT2D eigenvalue weighted by molar-refractivity contribution is 5.76. The molecule has 1 aromatic carbocycles. The van der Waals surface area contributed by atoms with Crippen molar-refractivity contribution in [3.05, 3.63) is 28.8 Å². The monoisotopic (exact) mass is 251 g/mol. The maximum absolute atomic E-state index is 11.3. The van der Waals surface area contributed by atoms with Crippen LogP contribution in [0.2, 0.25) is 0 Å². The van der Waals surface area contributed by atoms with E-state index in [0.29, 0.717) is 29.2 Å². The van der Waals surface area contributed by atoms with Gasteiger partial charge in [-0.25, -0.2) is 0 Å². The number of carboxylic acids is 1. The van der Waals surface area contributed by atoms with Crippen molar-refractivity contribution in [2.24, 2.45) is 5.92 Å². The molecule has 1 aromatic rings. The summed E-state index contributed by atoms with van der Waals surface area (Å²) in [6, 6.07) is 2.70. The molecule has 0 saturated heterocycles. The molecule has 4 nitrogen and oxygen atoms in total. The number of carboxylic acid groups (broad SMARTS) is 1. The fourth-order valence-corrected chi connectivity index (χ4v) is 1.86. The number of aliphatic carboxylic acids is 1. The molecule has 3 N–H and O–H groups in total. The molecule has 18 heavy (non-hydrogen) atoms. The molecule has 1 rings (SSSR count). The SMILES string of the molecule is Cc1cc(C(NCC(C)C)C(=O)O)cc(C)c1O.